The largest absolute Gasteiger partial charge is 0.481 e. The molecule has 3 N–H and O–H groups in total. The number of hydrogen-bond donors (Lipinski definition) is 3. The van der Waals surface area contributed by atoms with Crippen LogP contribution in [0.4, 0.5) is 10.5 Å². The Morgan fingerprint density at radius 3 is 2.56 bits per heavy atom. The van der Waals surface area contributed by atoms with Crippen LogP contribution in [0.15, 0.2) is 24.3 Å². The third-order valence-electron chi connectivity index (χ3n) is 4.13. The first-order valence-electron chi connectivity index (χ1n) is 8.27. The molecule has 2 unspecified atom stereocenters. The number of benzene rings is 1. The van der Waals surface area contributed by atoms with Crippen LogP contribution in [0.1, 0.15) is 26.2 Å². The van der Waals surface area contributed by atoms with Crippen LogP contribution in [0.3, 0.4) is 0 Å². The van der Waals surface area contributed by atoms with Crippen molar-refractivity contribution in [3.63, 3.8) is 0 Å². The number of carboxylic acid groups (broad SMARTS) is 1. The van der Waals surface area contributed by atoms with Gasteiger partial charge in [-0.1, -0.05) is 31.4 Å². The SMILES string of the molecule is CCCCCN1CC(C(=O)O)C(NC(=O)Nc2ccc(Cl)cc2)C1=O. The first-order chi connectivity index (χ1) is 11.9. The lowest BCUT2D eigenvalue weighted by atomic mass is 10.0. The van der Waals surface area contributed by atoms with Crippen molar-refractivity contribution in [1.82, 2.24) is 10.2 Å². The maximum Gasteiger partial charge on any atom is 0.319 e. The van der Waals surface area contributed by atoms with E-state index in [0.717, 1.165) is 19.3 Å². The number of aliphatic carboxylic acids is 1. The van der Waals surface area contributed by atoms with Crippen molar-refractivity contribution < 1.29 is 19.5 Å². The van der Waals surface area contributed by atoms with Gasteiger partial charge in [-0.3, -0.25) is 9.59 Å². The number of amides is 3. The molecule has 1 heterocycles. The molecule has 136 valence electrons. The van der Waals surface area contributed by atoms with Gasteiger partial charge in [0.1, 0.15) is 12.0 Å². The Morgan fingerprint density at radius 2 is 1.96 bits per heavy atom. The van der Waals surface area contributed by atoms with Crippen LogP contribution in [0.2, 0.25) is 5.02 Å². The van der Waals surface area contributed by atoms with Gasteiger partial charge in [0.25, 0.3) is 0 Å². The van der Waals surface area contributed by atoms with E-state index in [2.05, 4.69) is 17.6 Å². The summed E-state index contributed by atoms with van der Waals surface area (Å²) in [5.74, 6) is -2.40. The van der Waals surface area contributed by atoms with E-state index in [1.807, 2.05) is 0 Å². The number of urea groups is 1. The smallest absolute Gasteiger partial charge is 0.319 e. The Hall–Kier alpha value is -2.28. The monoisotopic (exact) mass is 367 g/mol. The molecule has 1 aliphatic rings. The first kappa shape index (κ1) is 19.1. The molecule has 2 rings (SSSR count). The Labute approximate surface area is 151 Å². The van der Waals surface area contributed by atoms with Gasteiger partial charge in [0.05, 0.1) is 0 Å². The normalized spacial score (nSPS) is 19.8. The van der Waals surface area contributed by atoms with E-state index >= 15 is 0 Å². The van der Waals surface area contributed by atoms with Crippen molar-refractivity contribution in [2.24, 2.45) is 5.92 Å². The van der Waals surface area contributed by atoms with Gasteiger partial charge < -0.3 is 20.6 Å². The van der Waals surface area contributed by atoms with Crippen LogP contribution in [0.25, 0.3) is 0 Å². The van der Waals surface area contributed by atoms with Crippen LogP contribution in [0.5, 0.6) is 0 Å². The highest BCUT2D eigenvalue weighted by atomic mass is 35.5. The van der Waals surface area contributed by atoms with E-state index in [-0.39, 0.29) is 12.5 Å². The standard InChI is InChI=1S/C17H22ClN3O4/c1-2-3-4-9-21-10-13(16(23)24)14(15(21)22)20-17(25)19-12-7-5-11(18)6-8-12/h5-8,13-14H,2-4,9-10H2,1H3,(H,23,24)(H2,19,20,25). The molecule has 0 aliphatic carbocycles. The van der Waals surface area contributed by atoms with E-state index in [9.17, 15) is 19.5 Å². The Bertz CT molecular complexity index is 635. The van der Waals surface area contributed by atoms with Gasteiger partial charge in [0.2, 0.25) is 5.91 Å². The number of rotatable bonds is 7. The minimum atomic E-state index is -1.09. The summed E-state index contributed by atoms with van der Waals surface area (Å²) in [6.45, 7) is 2.68. The number of anilines is 1. The third-order valence-corrected chi connectivity index (χ3v) is 4.39. The average Bonchev–Trinajstić information content (AvgIpc) is 2.87. The number of carbonyl (C=O) groups is 3. The fraction of sp³-hybridized carbons (Fsp3) is 0.471. The van der Waals surface area contributed by atoms with Crippen LogP contribution in [-0.2, 0) is 9.59 Å². The van der Waals surface area contributed by atoms with Gasteiger partial charge in [0.15, 0.2) is 0 Å². The zero-order valence-electron chi connectivity index (χ0n) is 14.0. The summed E-state index contributed by atoms with van der Waals surface area (Å²) in [5.41, 5.74) is 0.499. The zero-order chi connectivity index (χ0) is 18.4. The summed E-state index contributed by atoms with van der Waals surface area (Å²) < 4.78 is 0. The van der Waals surface area contributed by atoms with E-state index < -0.39 is 24.0 Å². The second-order valence-electron chi connectivity index (χ2n) is 6.02. The molecule has 1 saturated heterocycles. The summed E-state index contributed by atoms with van der Waals surface area (Å²) in [4.78, 5) is 37.5. The van der Waals surface area contributed by atoms with Crippen LogP contribution in [-0.4, -0.2) is 47.0 Å². The molecule has 0 saturated carbocycles. The zero-order valence-corrected chi connectivity index (χ0v) is 14.8. The van der Waals surface area contributed by atoms with Crippen molar-refractivity contribution in [3.05, 3.63) is 29.3 Å². The van der Waals surface area contributed by atoms with Gasteiger partial charge in [-0.05, 0) is 30.7 Å². The molecule has 3 amide bonds. The fourth-order valence-electron chi connectivity index (χ4n) is 2.78. The highest BCUT2D eigenvalue weighted by Crippen LogP contribution is 2.20. The lowest BCUT2D eigenvalue weighted by molar-refractivity contribution is -0.142. The molecule has 8 heteroatoms. The molecular weight excluding hydrogens is 346 g/mol. The molecule has 0 aromatic heterocycles. The van der Waals surface area contributed by atoms with Crippen LogP contribution >= 0.6 is 11.6 Å². The fourth-order valence-corrected chi connectivity index (χ4v) is 2.91. The minimum Gasteiger partial charge on any atom is -0.481 e. The molecular formula is C17H22ClN3O4. The predicted molar refractivity (Wildman–Crippen MR) is 94.6 cm³/mol. The molecule has 25 heavy (non-hydrogen) atoms. The second kappa shape index (κ2) is 8.71. The lowest BCUT2D eigenvalue weighted by Gasteiger charge is -2.17. The van der Waals surface area contributed by atoms with Crippen molar-refractivity contribution in [2.45, 2.75) is 32.2 Å². The quantitative estimate of drug-likeness (QED) is 0.645. The molecule has 7 nitrogen and oxygen atoms in total. The molecule has 0 radical (unpaired) electrons. The number of carboxylic acids is 1. The number of likely N-dealkylation sites (tertiary alicyclic amines) is 1. The Balaban J connectivity index is 1.99. The van der Waals surface area contributed by atoms with E-state index in [1.165, 1.54) is 4.90 Å². The number of hydrogen-bond acceptors (Lipinski definition) is 3. The lowest BCUT2D eigenvalue weighted by Crippen LogP contribution is -2.47. The predicted octanol–water partition coefficient (Wildman–Crippen LogP) is 2.56. The van der Waals surface area contributed by atoms with E-state index in [1.54, 1.807) is 24.3 Å². The number of carbonyl (C=O) groups excluding carboxylic acids is 2. The summed E-state index contributed by atoms with van der Waals surface area (Å²) >= 11 is 5.78. The topological polar surface area (TPSA) is 98.7 Å². The first-order valence-corrected chi connectivity index (χ1v) is 8.65. The molecule has 0 bridgehead atoms. The number of halogens is 1. The summed E-state index contributed by atoms with van der Waals surface area (Å²) in [7, 11) is 0. The number of unbranched alkanes of at least 4 members (excludes halogenated alkanes) is 2. The van der Waals surface area contributed by atoms with Gasteiger partial charge >= 0.3 is 12.0 Å². The minimum absolute atomic E-state index is 0.115. The summed E-state index contributed by atoms with van der Waals surface area (Å²) in [5, 5.41) is 15.0. The molecule has 1 aromatic carbocycles. The van der Waals surface area contributed by atoms with Crippen LogP contribution in [0, 0.1) is 5.92 Å². The highest BCUT2D eigenvalue weighted by molar-refractivity contribution is 6.30. The van der Waals surface area contributed by atoms with E-state index in [4.69, 9.17) is 11.6 Å². The number of nitrogens with zero attached hydrogens (tertiary/aromatic N) is 1. The van der Waals surface area contributed by atoms with Crippen LogP contribution < -0.4 is 10.6 Å². The Morgan fingerprint density at radius 1 is 1.28 bits per heavy atom. The molecule has 1 aliphatic heterocycles. The molecule has 1 fully saturated rings. The van der Waals surface area contributed by atoms with Crippen molar-refractivity contribution in [1.29, 1.82) is 0 Å². The third kappa shape index (κ3) is 5.09. The molecule has 1 aromatic rings. The van der Waals surface area contributed by atoms with Gasteiger partial charge in [-0.25, -0.2) is 4.79 Å². The average molecular weight is 368 g/mol. The van der Waals surface area contributed by atoms with E-state index in [0.29, 0.717) is 17.3 Å². The Kier molecular flexibility index (Phi) is 6.64. The molecule has 2 atom stereocenters. The summed E-state index contributed by atoms with van der Waals surface area (Å²) in [6.07, 6.45) is 2.80. The van der Waals surface area contributed by atoms with Gasteiger partial charge in [0, 0.05) is 23.8 Å². The van der Waals surface area contributed by atoms with Gasteiger partial charge in [-0.2, -0.15) is 0 Å². The molecule has 0 spiro atoms. The van der Waals surface area contributed by atoms with Crippen molar-refractivity contribution >= 4 is 35.2 Å². The maximum atomic E-state index is 12.4. The second-order valence-corrected chi connectivity index (χ2v) is 6.46. The van der Waals surface area contributed by atoms with Crippen molar-refractivity contribution in [2.75, 3.05) is 18.4 Å². The number of nitrogens with one attached hydrogen (secondary N) is 2. The van der Waals surface area contributed by atoms with Gasteiger partial charge in [-0.15, -0.1) is 0 Å². The van der Waals surface area contributed by atoms with Crippen molar-refractivity contribution in [3.8, 4) is 0 Å². The summed E-state index contributed by atoms with van der Waals surface area (Å²) in [6, 6.07) is 4.78. The maximum absolute atomic E-state index is 12.4. The highest BCUT2D eigenvalue weighted by Gasteiger charge is 2.45.